The van der Waals surface area contributed by atoms with Gasteiger partial charge in [-0.05, 0) is 25.1 Å². The van der Waals surface area contributed by atoms with E-state index in [9.17, 15) is 4.79 Å². The maximum Gasteiger partial charge on any atom is 0.338 e. The molecule has 2 heterocycles. The molecule has 0 radical (unpaired) electrons. The first-order valence-electron chi connectivity index (χ1n) is 9.54. The van der Waals surface area contributed by atoms with Crippen LogP contribution in [0, 0.1) is 0 Å². The van der Waals surface area contributed by atoms with E-state index in [-0.39, 0.29) is 6.61 Å². The second-order valence-corrected chi connectivity index (χ2v) is 6.83. The van der Waals surface area contributed by atoms with Gasteiger partial charge < -0.3 is 19.5 Å². The van der Waals surface area contributed by atoms with E-state index in [0.717, 1.165) is 16.6 Å². The molecule has 1 aromatic heterocycles. The summed E-state index contributed by atoms with van der Waals surface area (Å²) in [6.07, 6.45) is 1.54. The van der Waals surface area contributed by atoms with E-state index >= 15 is 0 Å². The number of para-hydroxylation sites is 3. The van der Waals surface area contributed by atoms with Gasteiger partial charge in [-0.25, -0.2) is 9.78 Å². The summed E-state index contributed by atoms with van der Waals surface area (Å²) in [6, 6.07) is 12.9. The molecule has 0 saturated carbocycles. The van der Waals surface area contributed by atoms with E-state index in [2.05, 4.69) is 11.9 Å². The lowest BCUT2D eigenvalue weighted by molar-refractivity contribution is -0.138. The van der Waals surface area contributed by atoms with Crippen LogP contribution in [0.15, 0.2) is 66.4 Å². The molecule has 1 atom stereocenters. The highest BCUT2D eigenvalue weighted by molar-refractivity contribution is 5.94. The van der Waals surface area contributed by atoms with Crippen molar-refractivity contribution in [1.29, 1.82) is 0 Å². The minimum atomic E-state index is -0.518. The Hall–Kier alpha value is -3.74. The zero-order chi connectivity index (χ0) is 21.3. The van der Waals surface area contributed by atoms with Crippen molar-refractivity contribution in [1.82, 2.24) is 9.55 Å². The van der Waals surface area contributed by atoms with Crippen molar-refractivity contribution >= 4 is 23.0 Å². The number of hydrogen-bond acceptors (Lipinski definition) is 6. The fourth-order valence-corrected chi connectivity index (χ4v) is 3.86. The molecule has 1 N–H and O–H groups in total. The highest BCUT2D eigenvalue weighted by Gasteiger charge is 2.37. The zero-order valence-corrected chi connectivity index (χ0v) is 17.1. The predicted octanol–water partition coefficient (Wildman–Crippen LogP) is 4.07. The Balaban J connectivity index is 2.00. The first-order chi connectivity index (χ1) is 14.6. The lowest BCUT2D eigenvalue weighted by Crippen LogP contribution is -2.29. The fraction of sp³-hybridized carbons (Fsp3) is 0.217. The third kappa shape index (κ3) is 3.08. The minimum Gasteiger partial charge on any atom is -0.493 e. The van der Waals surface area contributed by atoms with Gasteiger partial charge in [-0.2, -0.15) is 0 Å². The van der Waals surface area contributed by atoms with Crippen LogP contribution in [0.1, 0.15) is 18.5 Å². The average molecular weight is 405 g/mol. The van der Waals surface area contributed by atoms with E-state index in [1.54, 1.807) is 20.3 Å². The minimum absolute atomic E-state index is 0.120. The summed E-state index contributed by atoms with van der Waals surface area (Å²) in [6.45, 7) is 5.59. The van der Waals surface area contributed by atoms with Gasteiger partial charge in [-0.1, -0.05) is 36.9 Å². The second-order valence-electron chi connectivity index (χ2n) is 6.83. The van der Waals surface area contributed by atoms with Gasteiger partial charge in [0.2, 0.25) is 5.95 Å². The molecule has 0 spiro atoms. The Bertz CT molecular complexity index is 1160. The van der Waals surface area contributed by atoms with E-state index in [0.29, 0.717) is 28.7 Å². The molecule has 3 aromatic rings. The van der Waals surface area contributed by atoms with E-state index < -0.39 is 12.0 Å². The molecule has 154 valence electrons. The topological polar surface area (TPSA) is 74.6 Å². The van der Waals surface area contributed by atoms with Crippen molar-refractivity contribution in [3.63, 3.8) is 0 Å². The highest BCUT2D eigenvalue weighted by atomic mass is 16.5. The molecular formula is C23H23N3O4. The Kier molecular flexibility index (Phi) is 5.18. The molecule has 0 aliphatic carbocycles. The number of nitrogens with one attached hydrogen (secondary N) is 1. The number of anilines is 1. The Morgan fingerprint density at radius 3 is 2.73 bits per heavy atom. The summed E-state index contributed by atoms with van der Waals surface area (Å²) >= 11 is 0. The summed E-state index contributed by atoms with van der Waals surface area (Å²) < 4.78 is 18.6. The zero-order valence-electron chi connectivity index (χ0n) is 17.1. The first-order valence-corrected chi connectivity index (χ1v) is 9.54. The van der Waals surface area contributed by atoms with Crippen molar-refractivity contribution in [3.05, 3.63) is 72.0 Å². The first kappa shape index (κ1) is 19.6. The van der Waals surface area contributed by atoms with Crippen LogP contribution in [0.4, 0.5) is 5.95 Å². The SMILES string of the molecule is C=CCOC(=O)C1=C(C)Nc2nc3ccccc3n2[C@@H]1c1cccc(OC)c1OC. The van der Waals surface area contributed by atoms with Crippen molar-refractivity contribution in [2.45, 2.75) is 13.0 Å². The van der Waals surface area contributed by atoms with Gasteiger partial charge in [0, 0.05) is 11.3 Å². The number of aromatic nitrogens is 2. The standard InChI is InChI=1S/C23H23N3O4/c1-5-13-30-22(27)19-14(2)24-23-25-16-10-6-7-11-17(16)26(23)20(19)15-9-8-12-18(28-3)21(15)29-4/h5-12,20H,1,13H2,2-4H3,(H,24,25)/t20-/m1/s1. The number of methoxy groups -OCH3 is 2. The third-order valence-corrected chi connectivity index (χ3v) is 5.11. The van der Waals surface area contributed by atoms with Crippen LogP contribution in [0.2, 0.25) is 0 Å². The number of benzene rings is 2. The predicted molar refractivity (Wildman–Crippen MR) is 115 cm³/mol. The van der Waals surface area contributed by atoms with E-state index in [1.807, 2.05) is 54.0 Å². The Labute approximate surface area is 174 Å². The molecule has 0 saturated heterocycles. The number of fused-ring (bicyclic) bond motifs is 3. The number of hydrogen-bond donors (Lipinski definition) is 1. The summed E-state index contributed by atoms with van der Waals surface area (Å²) in [7, 11) is 3.17. The maximum absolute atomic E-state index is 13.1. The summed E-state index contributed by atoms with van der Waals surface area (Å²) in [5.41, 5.74) is 3.62. The van der Waals surface area contributed by atoms with Crippen LogP contribution in [0.3, 0.4) is 0 Å². The number of allylic oxidation sites excluding steroid dienone is 1. The molecular weight excluding hydrogens is 382 g/mol. The summed E-state index contributed by atoms with van der Waals surface area (Å²) in [5, 5.41) is 3.26. The van der Waals surface area contributed by atoms with Gasteiger partial charge in [0.05, 0.1) is 36.9 Å². The normalized spacial score (nSPS) is 15.4. The molecule has 7 nitrogen and oxygen atoms in total. The van der Waals surface area contributed by atoms with Crippen LogP contribution >= 0.6 is 0 Å². The molecule has 30 heavy (non-hydrogen) atoms. The molecule has 0 amide bonds. The van der Waals surface area contributed by atoms with Gasteiger partial charge in [0.1, 0.15) is 6.61 Å². The average Bonchev–Trinajstić information content (AvgIpc) is 3.13. The largest absolute Gasteiger partial charge is 0.493 e. The number of ether oxygens (including phenoxy) is 3. The van der Waals surface area contributed by atoms with Gasteiger partial charge in [0.15, 0.2) is 11.5 Å². The molecule has 1 aliphatic heterocycles. The van der Waals surface area contributed by atoms with Gasteiger partial charge >= 0.3 is 5.97 Å². The lowest BCUT2D eigenvalue weighted by atomic mass is 9.94. The number of carbonyl (C=O) groups excluding carboxylic acids is 1. The smallest absolute Gasteiger partial charge is 0.338 e. The van der Waals surface area contributed by atoms with Crippen LogP contribution in [0.5, 0.6) is 11.5 Å². The molecule has 1 aliphatic rings. The monoisotopic (exact) mass is 405 g/mol. The van der Waals surface area contributed by atoms with Gasteiger partial charge in [0.25, 0.3) is 0 Å². The van der Waals surface area contributed by atoms with Crippen molar-refractivity contribution in [2.24, 2.45) is 0 Å². The quantitative estimate of drug-likeness (QED) is 0.492. The van der Waals surface area contributed by atoms with Crippen molar-refractivity contribution in [3.8, 4) is 11.5 Å². The Morgan fingerprint density at radius 1 is 1.20 bits per heavy atom. The second kappa shape index (κ2) is 7.94. The molecule has 7 heteroatoms. The van der Waals surface area contributed by atoms with Gasteiger partial charge in [-0.3, -0.25) is 4.57 Å². The molecule has 0 unspecified atom stereocenters. The number of rotatable bonds is 6. The molecule has 4 rings (SSSR count). The molecule has 0 bridgehead atoms. The Morgan fingerprint density at radius 2 is 2.00 bits per heavy atom. The van der Waals surface area contributed by atoms with Gasteiger partial charge in [-0.15, -0.1) is 0 Å². The lowest BCUT2D eigenvalue weighted by Gasteiger charge is -2.31. The molecule has 0 fully saturated rings. The van der Waals surface area contributed by atoms with Crippen molar-refractivity contribution in [2.75, 3.05) is 26.1 Å². The number of nitrogens with zero attached hydrogens (tertiary/aromatic N) is 2. The van der Waals surface area contributed by atoms with E-state index in [1.165, 1.54) is 0 Å². The summed E-state index contributed by atoms with van der Waals surface area (Å²) in [4.78, 5) is 17.8. The number of esters is 1. The van der Waals surface area contributed by atoms with E-state index in [4.69, 9.17) is 19.2 Å². The van der Waals surface area contributed by atoms with Crippen LogP contribution < -0.4 is 14.8 Å². The third-order valence-electron chi connectivity index (χ3n) is 5.11. The number of carbonyl (C=O) groups is 1. The van der Waals surface area contributed by atoms with Crippen LogP contribution in [-0.2, 0) is 9.53 Å². The van der Waals surface area contributed by atoms with Crippen LogP contribution in [-0.4, -0.2) is 36.3 Å². The molecule has 2 aromatic carbocycles. The van der Waals surface area contributed by atoms with Crippen molar-refractivity contribution < 1.29 is 19.0 Å². The maximum atomic E-state index is 13.1. The highest BCUT2D eigenvalue weighted by Crippen LogP contribution is 2.45. The van der Waals surface area contributed by atoms with Crippen LogP contribution in [0.25, 0.3) is 11.0 Å². The fourth-order valence-electron chi connectivity index (χ4n) is 3.86. The summed E-state index contributed by atoms with van der Waals surface area (Å²) in [5.74, 6) is 1.34. The number of imidazole rings is 1.